The Balaban J connectivity index is 1.75. The molecule has 5 nitrogen and oxygen atoms in total. The van der Waals surface area contributed by atoms with Crippen LogP contribution in [-0.2, 0) is 4.79 Å². The quantitative estimate of drug-likeness (QED) is 0.940. The Morgan fingerprint density at radius 3 is 2.92 bits per heavy atom. The third kappa shape index (κ3) is 3.53. The van der Waals surface area contributed by atoms with E-state index in [2.05, 4.69) is 20.2 Å². The lowest BCUT2D eigenvalue weighted by molar-refractivity contribution is -0.125. The number of nitrogens with one attached hydrogen (secondary N) is 1. The van der Waals surface area contributed by atoms with Crippen molar-refractivity contribution in [1.29, 1.82) is 0 Å². The maximum atomic E-state index is 13.3. The molecule has 0 bridgehead atoms. The molecule has 0 aliphatic carbocycles. The van der Waals surface area contributed by atoms with Crippen LogP contribution in [0.15, 0.2) is 36.7 Å². The number of hydrogen-bond acceptors (Lipinski definition) is 4. The number of halogens is 1. The fraction of sp³-hybridized carbons (Fsp3) is 0.389. The Bertz CT molecular complexity index is 751. The average Bonchev–Trinajstić information content (AvgIpc) is 2.55. The van der Waals surface area contributed by atoms with E-state index in [1.807, 2.05) is 19.9 Å². The molecule has 24 heavy (non-hydrogen) atoms. The molecule has 3 rings (SSSR count). The van der Waals surface area contributed by atoms with Gasteiger partial charge in [-0.25, -0.2) is 14.4 Å². The summed E-state index contributed by atoms with van der Waals surface area (Å²) >= 11 is 0. The normalized spacial score (nSPS) is 20.7. The number of amides is 1. The number of rotatable bonds is 3. The smallest absolute Gasteiger partial charge is 0.232 e. The topological polar surface area (TPSA) is 58.1 Å². The molecule has 1 saturated heterocycles. The zero-order valence-electron chi connectivity index (χ0n) is 13.9. The predicted molar refractivity (Wildman–Crippen MR) is 91.4 cm³/mol. The summed E-state index contributed by atoms with van der Waals surface area (Å²) in [6, 6.07) is 7.89. The van der Waals surface area contributed by atoms with Crippen LogP contribution in [0.25, 0.3) is 0 Å². The lowest BCUT2D eigenvalue weighted by Crippen LogP contribution is -2.48. The van der Waals surface area contributed by atoms with Gasteiger partial charge in [0.25, 0.3) is 0 Å². The maximum Gasteiger partial charge on any atom is 0.232 e. The second-order valence-electron chi connectivity index (χ2n) is 6.57. The molecule has 126 valence electrons. The van der Waals surface area contributed by atoms with Gasteiger partial charge in [0.05, 0.1) is 5.41 Å². The van der Waals surface area contributed by atoms with Crippen LogP contribution in [0.2, 0.25) is 0 Å². The van der Waals surface area contributed by atoms with Crippen LogP contribution in [0.1, 0.15) is 25.5 Å². The molecule has 0 unspecified atom stereocenters. The third-order valence-electron chi connectivity index (χ3n) is 4.44. The Kier molecular flexibility index (Phi) is 4.46. The SMILES string of the molecule is Cc1cc(N2CCC[C@@](C)(C(=O)Nc3cccc(F)c3)C2)ncn1. The van der Waals surface area contributed by atoms with Gasteiger partial charge in [-0.1, -0.05) is 6.07 Å². The molecule has 1 N–H and O–H groups in total. The van der Waals surface area contributed by atoms with E-state index >= 15 is 0 Å². The molecule has 1 aliphatic heterocycles. The van der Waals surface area contributed by atoms with E-state index in [0.29, 0.717) is 12.2 Å². The van der Waals surface area contributed by atoms with Gasteiger partial charge in [0, 0.05) is 30.5 Å². The first-order valence-electron chi connectivity index (χ1n) is 8.07. The molecule has 0 saturated carbocycles. The van der Waals surface area contributed by atoms with Crippen LogP contribution in [0, 0.1) is 18.2 Å². The van der Waals surface area contributed by atoms with E-state index in [-0.39, 0.29) is 11.7 Å². The standard InChI is InChI=1S/C18H21FN4O/c1-13-9-16(21-12-20-13)23-8-4-7-18(2,11-23)17(24)22-15-6-3-5-14(19)10-15/h3,5-6,9-10,12H,4,7-8,11H2,1-2H3,(H,22,24)/t18-/m1/s1. The van der Waals surface area contributed by atoms with E-state index in [9.17, 15) is 9.18 Å². The summed E-state index contributed by atoms with van der Waals surface area (Å²) in [5, 5.41) is 2.84. The van der Waals surface area contributed by atoms with Crippen LogP contribution in [-0.4, -0.2) is 29.0 Å². The molecule has 0 radical (unpaired) electrons. The Labute approximate surface area is 140 Å². The summed E-state index contributed by atoms with van der Waals surface area (Å²) in [6.45, 7) is 5.30. The summed E-state index contributed by atoms with van der Waals surface area (Å²) in [5.74, 6) is 0.384. The molecule has 6 heteroatoms. The minimum Gasteiger partial charge on any atom is -0.355 e. The Morgan fingerprint density at radius 1 is 1.33 bits per heavy atom. The predicted octanol–water partition coefficient (Wildman–Crippen LogP) is 3.17. The molecule has 2 heterocycles. The van der Waals surface area contributed by atoms with Gasteiger partial charge in [-0.15, -0.1) is 0 Å². The van der Waals surface area contributed by atoms with Gasteiger partial charge in [-0.05, 0) is 44.9 Å². The summed E-state index contributed by atoms with van der Waals surface area (Å²) in [4.78, 5) is 23.3. The summed E-state index contributed by atoms with van der Waals surface area (Å²) in [5.41, 5.74) is 0.830. The number of piperidine rings is 1. The highest BCUT2D eigenvalue weighted by molar-refractivity contribution is 5.95. The fourth-order valence-corrected chi connectivity index (χ4v) is 3.08. The van der Waals surface area contributed by atoms with Crippen molar-refractivity contribution < 1.29 is 9.18 Å². The van der Waals surface area contributed by atoms with Crippen molar-refractivity contribution in [2.45, 2.75) is 26.7 Å². The van der Waals surface area contributed by atoms with Crippen molar-refractivity contribution in [2.24, 2.45) is 5.41 Å². The first-order chi connectivity index (χ1) is 11.5. The minimum atomic E-state index is -0.552. The van der Waals surface area contributed by atoms with Crippen LogP contribution >= 0.6 is 0 Å². The number of hydrogen-bond donors (Lipinski definition) is 1. The zero-order valence-corrected chi connectivity index (χ0v) is 13.9. The molecular formula is C18H21FN4O. The molecule has 2 aromatic rings. The first-order valence-corrected chi connectivity index (χ1v) is 8.07. The summed E-state index contributed by atoms with van der Waals surface area (Å²) in [6.07, 6.45) is 3.23. The second kappa shape index (κ2) is 6.55. The van der Waals surface area contributed by atoms with Gasteiger partial charge in [-0.3, -0.25) is 4.79 Å². The number of aromatic nitrogens is 2. The summed E-state index contributed by atoms with van der Waals surface area (Å²) < 4.78 is 13.3. The van der Waals surface area contributed by atoms with E-state index in [4.69, 9.17) is 0 Å². The lowest BCUT2D eigenvalue weighted by atomic mass is 9.81. The third-order valence-corrected chi connectivity index (χ3v) is 4.44. The zero-order chi connectivity index (χ0) is 17.2. The van der Waals surface area contributed by atoms with Crippen molar-refractivity contribution in [2.75, 3.05) is 23.3 Å². The number of aryl methyl sites for hydroxylation is 1. The minimum absolute atomic E-state index is 0.0939. The average molecular weight is 328 g/mol. The van der Waals surface area contributed by atoms with Gasteiger partial charge >= 0.3 is 0 Å². The maximum absolute atomic E-state index is 13.3. The second-order valence-corrected chi connectivity index (χ2v) is 6.57. The number of nitrogens with zero attached hydrogens (tertiary/aromatic N) is 3. The van der Waals surface area contributed by atoms with E-state index in [1.165, 1.54) is 12.1 Å². The molecule has 1 aromatic carbocycles. The van der Waals surface area contributed by atoms with Crippen molar-refractivity contribution >= 4 is 17.4 Å². The number of carbonyl (C=O) groups excluding carboxylic acids is 1. The summed E-state index contributed by atoms with van der Waals surface area (Å²) in [7, 11) is 0. The highest BCUT2D eigenvalue weighted by atomic mass is 19.1. The fourth-order valence-electron chi connectivity index (χ4n) is 3.08. The van der Waals surface area contributed by atoms with Gasteiger partial charge < -0.3 is 10.2 Å². The van der Waals surface area contributed by atoms with Crippen molar-refractivity contribution in [1.82, 2.24) is 9.97 Å². The Hall–Kier alpha value is -2.50. The van der Waals surface area contributed by atoms with Crippen LogP contribution in [0.4, 0.5) is 15.9 Å². The molecule has 1 fully saturated rings. The van der Waals surface area contributed by atoms with E-state index in [1.54, 1.807) is 18.5 Å². The van der Waals surface area contributed by atoms with Crippen LogP contribution < -0.4 is 10.2 Å². The molecule has 1 aliphatic rings. The van der Waals surface area contributed by atoms with Gasteiger partial charge in [-0.2, -0.15) is 0 Å². The van der Waals surface area contributed by atoms with Crippen LogP contribution in [0.3, 0.4) is 0 Å². The molecule has 1 aromatic heterocycles. The number of anilines is 2. The van der Waals surface area contributed by atoms with E-state index < -0.39 is 5.41 Å². The van der Waals surface area contributed by atoms with Crippen molar-refractivity contribution in [3.63, 3.8) is 0 Å². The monoisotopic (exact) mass is 328 g/mol. The highest BCUT2D eigenvalue weighted by Crippen LogP contribution is 2.33. The number of carbonyl (C=O) groups is 1. The van der Waals surface area contributed by atoms with Crippen molar-refractivity contribution in [3.8, 4) is 0 Å². The molecule has 1 amide bonds. The van der Waals surface area contributed by atoms with Gasteiger partial charge in [0.15, 0.2) is 0 Å². The first kappa shape index (κ1) is 16.4. The van der Waals surface area contributed by atoms with Gasteiger partial charge in [0.2, 0.25) is 5.91 Å². The Morgan fingerprint density at radius 2 is 2.17 bits per heavy atom. The van der Waals surface area contributed by atoms with Gasteiger partial charge in [0.1, 0.15) is 18.0 Å². The lowest BCUT2D eigenvalue weighted by Gasteiger charge is -2.39. The number of benzene rings is 1. The van der Waals surface area contributed by atoms with Crippen LogP contribution in [0.5, 0.6) is 0 Å². The largest absolute Gasteiger partial charge is 0.355 e. The van der Waals surface area contributed by atoms with E-state index in [0.717, 1.165) is 30.9 Å². The molecule has 0 spiro atoms. The van der Waals surface area contributed by atoms with Crippen molar-refractivity contribution in [3.05, 3.63) is 48.2 Å². The highest BCUT2D eigenvalue weighted by Gasteiger charge is 2.38. The molecular weight excluding hydrogens is 307 g/mol. The molecule has 1 atom stereocenters.